The molecule has 0 amide bonds. The molecule has 0 bridgehead atoms. The number of carbonyl (C=O) groups excluding carboxylic acids is 1. The number of thiophene rings is 1. The Kier molecular flexibility index (Phi) is 5.97. The number of allylic oxidation sites excluding steroid dienone is 1. The Balaban J connectivity index is 1.95. The van der Waals surface area contributed by atoms with Crippen molar-refractivity contribution < 1.29 is 9.53 Å². The summed E-state index contributed by atoms with van der Waals surface area (Å²) >= 11 is 15.0. The molecule has 0 spiro atoms. The molecule has 1 atom stereocenters. The minimum absolute atomic E-state index is 0.238. The molecule has 0 saturated heterocycles. The predicted octanol–water partition coefficient (Wildman–Crippen LogP) is 4.17. The van der Waals surface area contributed by atoms with Gasteiger partial charge in [0.1, 0.15) is 6.04 Å². The lowest BCUT2D eigenvalue weighted by molar-refractivity contribution is -0.139. The van der Waals surface area contributed by atoms with Crippen LogP contribution in [0.5, 0.6) is 0 Å². The number of fused-ring (bicyclic) bond motifs is 1. The van der Waals surface area contributed by atoms with E-state index < -0.39 is 12.0 Å². The predicted molar refractivity (Wildman–Crippen MR) is 121 cm³/mol. The Morgan fingerprint density at radius 2 is 2.13 bits per heavy atom. The van der Waals surface area contributed by atoms with Gasteiger partial charge in [-0.3, -0.25) is 9.36 Å². The average molecular weight is 479 g/mol. The fraction of sp³-hybridized carbons (Fsp3) is 0.190. The molecule has 0 fully saturated rings. The molecule has 1 aliphatic rings. The maximum atomic E-state index is 13.4. The highest BCUT2D eigenvalue weighted by atomic mass is 35.5. The number of halogens is 2. The highest BCUT2D eigenvalue weighted by molar-refractivity contribution is 7.10. The number of hydrogen-bond acceptors (Lipinski definition) is 6. The first-order valence-electron chi connectivity index (χ1n) is 9.08. The number of esters is 1. The van der Waals surface area contributed by atoms with Crippen molar-refractivity contribution in [2.45, 2.75) is 19.9 Å². The Labute approximate surface area is 190 Å². The molecule has 0 aliphatic carbocycles. The average Bonchev–Trinajstić information content (AvgIpc) is 3.32. The van der Waals surface area contributed by atoms with E-state index in [1.165, 1.54) is 22.7 Å². The molecular formula is C21H16Cl2N2O3S2. The molecule has 0 unspecified atom stereocenters. The zero-order chi connectivity index (χ0) is 21.4. The van der Waals surface area contributed by atoms with E-state index in [1.807, 2.05) is 17.5 Å². The van der Waals surface area contributed by atoms with Crippen LogP contribution in [0.4, 0.5) is 0 Å². The van der Waals surface area contributed by atoms with Crippen LogP contribution in [0.15, 0.2) is 56.8 Å². The van der Waals surface area contributed by atoms with Gasteiger partial charge in [0.25, 0.3) is 5.56 Å². The summed E-state index contributed by atoms with van der Waals surface area (Å²) < 4.78 is 7.29. The van der Waals surface area contributed by atoms with Crippen molar-refractivity contribution in [1.29, 1.82) is 0 Å². The van der Waals surface area contributed by atoms with E-state index in [1.54, 1.807) is 42.7 Å². The maximum Gasteiger partial charge on any atom is 0.338 e. The van der Waals surface area contributed by atoms with E-state index in [-0.39, 0.29) is 12.2 Å². The molecule has 1 aromatic carbocycles. The van der Waals surface area contributed by atoms with Crippen LogP contribution in [-0.4, -0.2) is 17.1 Å². The van der Waals surface area contributed by atoms with E-state index in [0.717, 1.165) is 4.88 Å². The normalized spacial score (nSPS) is 16.4. The van der Waals surface area contributed by atoms with Crippen LogP contribution in [0.2, 0.25) is 10.0 Å². The van der Waals surface area contributed by atoms with Crippen molar-refractivity contribution in [3.05, 3.63) is 87.2 Å². The molecule has 0 radical (unpaired) electrons. The number of nitrogens with zero attached hydrogens (tertiary/aromatic N) is 2. The number of carbonyl (C=O) groups is 1. The summed E-state index contributed by atoms with van der Waals surface area (Å²) in [6, 6.07) is 8.32. The molecular weight excluding hydrogens is 463 g/mol. The number of hydrogen-bond donors (Lipinski definition) is 0. The standard InChI is InChI=1S/C21H16Cl2N2O3S2/c1-3-28-20(27)17-11(2)24-21-25(18(17)15-5-4-8-29-15)19(26)16(30-21)9-12-6-7-13(22)10-14(12)23/h4-10,18H,3H2,1-2H3/t18-/m0/s1. The summed E-state index contributed by atoms with van der Waals surface area (Å²) in [4.78, 5) is 32.0. The third kappa shape index (κ3) is 3.78. The van der Waals surface area contributed by atoms with Gasteiger partial charge in [0.05, 0.1) is 22.4 Å². The molecule has 4 rings (SSSR count). The first kappa shape index (κ1) is 21.1. The van der Waals surface area contributed by atoms with Crippen LogP contribution in [0, 0.1) is 0 Å². The van der Waals surface area contributed by atoms with Crippen molar-refractivity contribution in [2.75, 3.05) is 6.61 Å². The van der Waals surface area contributed by atoms with Crippen molar-refractivity contribution in [3.63, 3.8) is 0 Å². The fourth-order valence-corrected chi connectivity index (χ4v) is 5.59. The first-order valence-corrected chi connectivity index (χ1v) is 11.5. The van der Waals surface area contributed by atoms with E-state index in [4.69, 9.17) is 27.9 Å². The molecule has 9 heteroatoms. The fourth-order valence-electron chi connectivity index (χ4n) is 3.27. The van der Waals surface area contributed by atoms with Gasteiger partial charge in [-0.2, -0.15) is 0 Å². The second kappa shape index (κ2) is 8.51. The van der Waals surface area contributed by atoms with E-state index in [0.29, 0.717) is 36.2 Å². The Morgan fingerprint density at radius 1 is 1.33 bits per heavy atom. The second-order valence-corrected chi connectivity index (χ2v) is 9.32. The molecule has 0 N–H and O–H groups in total. The van der Waals surface area contributed by atoms with Crippen molar-refractivity contribution in [1.82, 2.24) is 4.57 Å². The zero-order valence-electron chi connectivity index (χ0n) is 16.0. The van der Waals surface area contributed by atoms with Crippen molar-refractivity contribution in [2.24, 2.45) is 4.99 Å². The highest BCUT2D eigenvalue weighted by Gasteiger charge is 2.33. The number of rotatable bonds is 4. The number of benzene rings is 1. The Hall–Kier alpha value is -2.19. The van der Waals surface area contributed by atoms with E-state index in [2.05, 4.69) is 4.99 Å². The highest BCUT2D eigenvalue weighted by Crippen LogP contribution is 2.33. The number of ether oxygens (including phenoxy) is 1. The molecule has 0 saturated carbocycles. The molecule has 30 heavy (non-hydrogen) atoms. The maximum absolute atomic E-state index is 13.4. The van der Waals surface area contributed by atoms with Crippen LogP contribution in [0.25, 0.3) is 6.08 Å². The Bertz CT molecular complexity index is 1340. The van der Waals surface area contributed by atoms with E-state index >= 15 is 0 Å². The summed E-state index contributed by atoms with van der Waals surface area (Å²) in [5.41, 5.74) is 1.37. The van der Waals surface area contributed by atoms with Gasteiger partial charge in [0.15, 0.2) is 4.80 Å². The van der Waals surface area contributed by atoms with Gasteiger partial charge in [-0.25, -0.2) is 9.79 Å². The molecule has 3 aromatic rings. The third-order valence-corrected chi connectivity index (χ3v) is 7.05. The summed E-state index contributed by atoms with van der Waals surface area (Å²) in [5, 5.41) is 2.88. The summed E-state index contributed by atoms with van der Waals surface area (Å²) in [6.45, 7) is 3.76. The first-order chi connectivity index (χ1) is 14.4. The quantitative estimate of drug-likeness (QED) is 0.528. The summed E-state index contributed by atoms with van der Waals surface area (Å²) in [6.07, 6.45) is 1.72. The largest absolute Gasteiger partial charge is 0.463 e. The monoisotopic (exact) mass is 478 g/mol. The number of thiazole rings is 1. The Morgan fingerprint density at radius 3 is 2.80 bits per heavy atom. The van der Waals surface area contributed by atoms with Gasteiger partial charge in [-0.05, 0) is 49.1 Å². The topological polar surface area (TPSA) is 60.7 Å². The van der Waals surface area contributed by atoms with Gasteiger partial charge in [-0.15, -0.1) is 11.3 Å². The van der Waals surface area contributed by atoms with Crippen LogP contribution in [0.3, 0.4) is 0 Å². The third-order valence-electron chi connectivity index (χ3n) is 4.58. The van der Waals surface area contributed by atoms with Crippen molar-refractivity contribution in [3.8, 4) is 0 Å². The van der Waals surface area contributed by atoms with E-state index in [9.17, 15) is 9.59 Å². The van der Waals surface area contributed by atoms with Crippen molar-refractivity contribution >= 4 is 57.9 Å². The lowest BCUT2D eigenvalue weighted by Crippen LogP contribution is -2.39. The summed E-state index contributed by atoms with van der Waals surface area (Å²) in [5.74, 6) is -0.466. The van der Waals surface area contributed by atoms with Crippen LogP contribution >= 0.6 is 45.9 Å². The number of aromatic nitrogens is 1. The van der Waals surface area contributed by atoms with Crippen LogP contribution in [-0.2, 0) is 9.53 Å². The zero-order valence-corrected chi connectivity index (χ0v) is 19.2. The van der Waals surface area contributed by atoms with Crippen LogP contribution in [0.1, 0.15) is 30.3 Å². The molecule has 1 aliphatic heterocycles. The van der Waals surface area contributed by atoms with Gasteiger partial charge >= 0.3 is 5.97 Å². The molecule has 3 heterocycles. The SMILES string of the molecule is CCOC(=O)C1=C(C)N=c2sc(=Cc3ccc(Cl)cc3Cl)c(=O)n2[C@H]1c1cccs1. The van der Waals surface area contributed by atoms with Gasteiger partial charge in [0.2, 0.25) is 0 Å². The molecule has 5 nitrogen and oxygen atoms in total. The van der Waals surface area contributed by atoms with Crippen LogP contribution < -0.4 is 14.9 Å². The van der Waals surface area contributed by atoms with Gasteiger partial charge in [-0.1, -0.05) is 46.7 Å². The smallest absolute Gasteiger partial charge is 0.338 e. The molecule has 154 valence electrons. The van der Waals surface area contributed by atoms with Gasteiger partial charge in [0, 0.05) is 14.9 Å². The minimum Gasteiger partial charge on any atom is -0.463 e. The minimum atomic E-state index is -0.580. The molecule has 2 aromatic heterocycles. The second-order valence-electron chi connectivity index (χ2n) is 6.48. The summed E-state index contributed by atoms with van der Waals surface area (Å²) in [7, 11) is 0. The lowest BCUT2D eigenvalue weighted by atomic mass is 10.0. The lowest BCUT2D eigenvalue weighted by Gasteiger charge is -2.23. The van der Waals surface area contributed by atoms with Gasteiger partial charge < -0.3 is 4.74 Å².